The highest BCUT2D eigenvalue weighted by atomic mass is 32.1. The van der Waals surface area contributed by atoms with Gasteiger partial charge in [-0.3, -0.25) is 10.1 Å². The largest absolute Gasteiger partial charge is 0.497 e. The van der Waals surface area contributed by atoms with Gasteiger partial charge in [-0.25, -0.2) is 9.78 Å². The fraction of sp³-hybridized carbons (Fsp3) is 0.214. The highest BCUT2D eigenvalue weighted by Crippen LogP contribution is 2.24. The Morgan fingerprint density at radius 1 is 1.09 bits per heavy atom. The van der Waals surface area contributed by atoms with Crippen LogP contribution in [0.4, 0.5) is 5.13 Å². The lowest BCUT2D eigenvalue weighted by Crippen LogP contribution is -2.12. The fourth-order valence-electron chi connectivity index (χ4n) is 1.63. The number of hydrogen-bond donors (Lipinski definition) is 1. The summed E-state index contributed by atoms with van der Waals surface area (Å²) in [6.07, 6.45) is 1.35. The molecule has 0 spiro atoms. The van der Waals surface area contributed by atoms with E-state index in [-0.39, 0.29) is 5.91 Å². The maximum absolute atomic E-state index is 12.2. The van der Waals surface area contributed by atoms with Gasteiger partial charge in [0.25, 0.3) is 5.91 Å². The number of hydrogen-bond acceptors (Lipinski definition) is 7. The van der Waals surface area contributed by atoms with Gasteiger partial charge in [0.1, 0.15) is 16.4 Å². The molecule has 0 radical (unpaired) electrons. The number of amides is 1. The van der Waals surface area contributed by atoms with Gasteiger partial charge in [0.2, 0.25) is 0 Å². The first-order valence-electron chi connectivity index (χ1n) is 6.16. The SMILES string of the molecule is COC(=O)c1cnc(NC(=O)c2cc(OC)cc(OC)c2)s1. The molecule has 116 valence electrons. The minimum Gasteiger partial charge on any atom is -0.497 e. The fourth-order valence-corrected chi connectivity index (χ4v) is 2.36. The molecule has 0 atom stereocenters. The average molecular weight is 322 g/mol. The summed E-state index contributed by atoms with van der Waals surface area (Å²) in [7, 11) is 4.28. The molecule has 1 amide bonds. The van der Waals surface area contributed by atoms with Crippen LogP contribution in [0.5, 0.6) is 11.5 Å². The van der Waals surface area contributed by atoms with E-state index in [1.165, 1.54) is 27.5 Å². The first kappa shape index (κ1) is 15.8. The Morgan fingerprint density at radius 2 is 1.73 bits per heavy atom. The summed E-state index contributed by atoms with van der Waals surface area (Å²) in [5, 5.41) is 2.91. The highest BCUT2D eigenvalue weighted by molar-refractivity contribution is 7.17. The number of aromatic nitrogens is 1. The molecule has 7 nitrogen and oxygen atoms in total. The molecule has 2 aromatic rings. The van der Waals surface area contributed by atoms with Crippen molar-refractivity contribution < 1.29 is 23.8 Å². The normalized spacial score (nSPS) is 9.95. The number of carbonyl (C=O) groups is 2. The Kier molecular flexibility index (Phi) is 4.95. The van der Waals surface area contributed by atoms with Crippen LogP contribution >= 0.6 is 11.3 Å². The van der Waals surface area contributed by atoms with Crippen molar-refractivity contribution in [2.24, 2.45) is 0 Å². The van der Waals surface area contributed by atoms with Crippen LogP contribution in [-0.2, 0) is 4.74 Å². The summed E-state index contributed by atoms with van der Waals surface area (Å²) in [4.78, 5) is 27.8. The van der Waals surface area contributed by atoms with Crippen molar-refractivity contribution in [2.75, 3.05) is 26.6 Å². The molecule has 22 heavy (non-hydrogen) atoms. The zero-order valence-electron chi connectivity index (χ0n) is 12.2. The van der Waals surface area contributed by atoms with Gasteiger partial charge in [-0.2, -0.15) is 0 Å². The smallest absolute Gasteiger partial charge is 0.349 e. The van der Waals surface area contributed by atoms with E-state index < -0.39 is 5.97 Å². The third-order valence-electron chi connectivity index (χ3n) is 2.73. The maximum atomic E-state index is 12.2. The molecule has 1 N–H and O–H groups in total. The quantitative estimate of drug-likeness (QED) is 0.849. The van der Waals surface area contributed by atoms with Gasteiger partial charge in [-0.05, 0) is 12.1 Å². The van der Waals surface area contributed by atoms with Crippen molar-refractivity contribution in [3.63, 3.8) is 0 Å². The van der Waals surface area contributed by atoms with E-state index in [2.05, 4.69) is 15.0 Å². The number of nitrogens with one attached hydrogen (secondary N) is 1. The van der Waals surface area contributed by atoms with E-state index in [1.54, 1.807) is 18.2 Å². The lowest BCUT2D eigenvalue weighted by molar-refractivity contribution is 0.0606. The Labute approximate surface area is 130 Å². The molecule has 0 aliphatic rings. The van der Waals surface area contributed by atoms with Crippen LogP contribution in [0.15, 0.2) is 24.4 Å². The summed E-state index contributed by atoms with van der Waals surface area (Å²) in [5.74, 6) is 0.113. The van der Waals surface area contributed by atoms with Crippen LogP contribution in [0.3, 0.4) is 0 Å². The van der Waals surface area contributed by atoms with E-state index in [4.69, 9.17) is 9.47 Å². The van der Waals surface area contributed by atoms with Gasteiger partial charge in [0.05, 0.1) is 27.5 Å². The Bertz CT molecular complexity index is 676. The minimum absolute atomic E-state index is 0.298. The second-order valence-corrected chi connectivity index (χ2v) is 5.11. The van der Waals surface area contributed by atoms with Crippen molar-refractivity contribution in [3.8, 4) is 11.5 Å². The second-order valence-electron chi connectivity index (χ2n) is 4.08. The number of anilines is 1. The van der Waals surface area contributed by atoms with Crippen LogP contribution in [0.1, 0.15) is 20.0 Å². The first-order valence-corrected chi connectivity index (χ1v) is 6.97. The monoisotopic (exact) mass is 322 g/mol. The Hall–Kier alpha value is -2.61. The molecule has 0 unspecified atom stereocenters. The number of carbonyl (C=O) groups excluding carboxylic acids is 2. The van der Waals surface area contributed by atoms with Crippen LogP contribution in [0.2, 0.25) is 0 Å². The number of esters is 1. The van der Waals surface area contributed by atoms with E-state index in [0.717, 1.165) is 11.3 Å². The molecule has 0 aliphatic heterocycles. The summed E-state index contributed by atoms with van der Waals surface area (Å²) >= 11 is 1.03. The zero-order valence-corrected chi connectivity index (χ0v) is 13.0. The molecule has 2 rings (SSSR count). The molecule has 1 aromatic carbocycles. The molecule has 0 bridgehead atoms. The van der Waals surface area contributed by atoms with Gasteiger partial charge in [-0.15, -0.1) is 0 Å². The molecule has 0 aliphatic carbocycles. The van der Waals surface area contributed by atoms with Crippen molar-refractivity contribution >= 4 is 28.3 Å². The Morgan fingerprint density at radius 3 is 2.27 bits per heavy atom. The van der Waals surface area contributed by atoms with Crippen molar-refractivity contribution in [3.05, 3.63) is 34.8 Å². The van der Waals surface area contributed by atoms with Gasteiger partial charge in [0.15, 0.2) is 5.13 Å². The standard InChI is InChI=1S/C14H14N2O5S/c1-19-9-4-8(5-10(6-9)20-2)12(17)16-14-15-7-11(22-14)13(18)21-3/h4-7H,1-3H3,(H,15,16,17). The highest BCUT2D eigenvalue weighted by Gasteiger charge is 2.14. The predicted molar refractivity (Wildman–Crippen MR) is 81.0 cm³/mol. The third kappa shape index (κ3) is 3.53. The Balaban J connectivity index is 2.18. The third-order valence-corrected chi connectivity index (χ3v) is 3.62. The lowest BCUT2D eigenvalue weighted by Gasteiger charge is -2.07. The summed E-state index contributed by atoms with van der Waals surface area (Å²) in [5.41, 5.74) is 0.353. The number of methoxy groups -OCH3 is 3. The number of ether oxygens (including phenoxy) is 3. The maximum Gasteiger partial charge on any atom is 0.349 e. The van der Waals surface area contributed by atoms with E-state index >= 15 is 0 Å². The molecular formula is C14H14N2O5S. The van der Waals surface area contributed by atoms with Crippen LogP contribution in [-0.4, -0.2) is 38.2 Å². The lowest BCUT2D eigenvalue weighted by atomic mass is 10.2. The number of rotatable bonds is 5. The molecule has 8 heteroatoms. The zero-order chi connectivity index (χ0) is 16.1. The topological polar surface area (TPSA) is 86.8 Å². The molecule has 0 saturated heterocycles. The number of nitrogens with zero attached hydrogens (tertiary/aromatic N) is 1. The predicted octanol–water partition coefficient (Wildman–Crippen LogP) is 2.20. The molecule has 1 heterocycles. The van der Waals surface area contributed by atoms with Gasteiger partial charge >= 0.3 is 5.97 Å². The second kappa shape index (κ2) is 6.90. The van der Waals surface area contributed by atoms with Crippen LogP contribution < -0.4 is 14.8 Å². The van der Waals surface area contributed by atoms with Crippen LogP contribution in [0, 0.1) is 0 Å². The van der Waals surface area contributed by atoms with Gasteiger partial charge in [-0.1, -0.05) is 11.3 Å². The molecule has 0 fully saturated rings. The minimum atomic E-state index is -0.499. The van der Waals surface area contributed by atoms with E-state index in [0.29, 0.717) is 27.1 Å². The van der Waals surface area contributed by atoms with E-state index in [9.17, 15) is 9.59 Å². The molecule has 0 saturated carbocycles. The molecule has 1 aromatic heterocycles. The average Bonchev–Trinajstić information content (AvgIpc) is 3.01. The molecular weight excluding hydrogens is 308 g/mol. The first-order chi connectivity index (χ1) is 10.6. The number of thiazole rings is 1. The number of benzene rings is 1. The van der Waals surface area contributed by atoms with Gasteiger partial charge in [0, 0.05) is 11.6 Å². The van der Waals surface area contributed by atoms with E-state index in [1.807, 2.05) is 0 Å². The summed E-state index contributed by atoms with van der Waals surface area (Å²) in [6.45, 7) is 0. The van der Waals surface area contributed by atoms with Crippen molar-refractivity contribution in [1.29, 1.82) is 0 Å². The summed E-state index contributed by atoms with van der Waals surface area (Å²) < 4.78 is 14.8. The van der Waals surface area contributed by atoms with Crippen molar-refractivity contribution in [1.82, 2.24) is 4.98 Å². The van der Waals surface area contributed by atoms with Gasteiger partial charge < -0.3 is 14.2 Å². The van der Waals surface area contributed by atoms with Crippen molar-refractivity contribution in [2.45, 2.75) is 0 Å². The van der Waals surface area contributed by atoms with Crippen LogP contribution in [0.25, 0.3) is 0 Å². The summed E-state index contributed by atoms with van der Waals surface area (Å²) in [6, 6.07) is 4.81.